The molecule has 7 heteroatoms. The van der Waals surface area contributed by atoms with E-state index in [9.17, 15) is 4.39 Å². The van der Waals surface area contributed by atoms with Gasteiger partial charge in [-0.2, -0.15) is 0 Å². The summed E-state index contributed by atoms with van der Waals surface area (Å²) in [5.41, 5.74) is 1.80. The molecule has 0 heterocycles. The van der Waals surface area contributed by atoms with Gasteiger partial charge < -0.3 is 20.1 Å². The Morgan fingerprint density at radius 2 is 1.88 bits per heavy atom. The highest BCUT2D eigenvalue weighted by Gasteiger charge is 2.05. The molecule has 25 heavy (non-hydrogen) atoms. The standard InChI is InChI=1S/C18H20ClFN2O2S/c1-23-16-8-5-12(10-17(16)24-2)4-3-9-21-18(25)22-13-6-7-15(20)14(19)11-13/h5-8,10-11H,3-4,9H2,1-2H3,(H2,21,22,25). The topological polar surface area (TPSA) is 42.5 Å². The lowest BCUT2D eigenvalue weighted by atomic mass is 10.1. The molecule has 2 aromatic rings. The molecule has 0 saturated heterocycles. The van der Waals surface area contributed by atoms with Crippen LogP contribution in [0.1, 0.15) is 12.0 Å². The third-order valence-corrected chi connectivity index (χ3v) is 4.09. The molecule has 0 atom stereocenters. The van der Waals surface area contributed by atoms with Crippen molar-refractivity contribution in [3.63, 3.8) is 0 Å². The van der Waals surface area contributed by atoms with Crippen molar-refractivity contribution in [2.45, 2.75) is 12.8 Å². The number of halogens is 2. The van der Waals surface area contributed by atoms with Gasteiger partial charge in [0.05, 0.1) is 19.2 Å². The normalized spacial score (nSPS) is 10.2. The lowest BCUT2D eigenvalue weighted by Crippen LogP contribution is -2.29. The van der Waals surface area contributed by atoms with E-state index in [1.54, 1.807) is 20.3 Å². The summed E-state index contributed by atoms with van der Waals surface area (Å²) in [6.45, 7) is 0.703. The average Bonchev–Trinajstić information content (AvgIpc) is 2.61. The number of ether oxygens (including phenoxy) is 2. The molecule has 0 saturated carbocycles. The first-order valence-corrected chi connectivity index (χ1v) is 8.53. The first kappa shape index (κ1) is 19.3. The molecule has 0 fully saturated rings. The molecular weight excluding hydrogens is 363 g/mol. The molecule has 0 aliphatic carbocycles. The summed E-state index contributed by atoms with van der Waals surface area (Å²) in [5, 5.41) is 6.61. The number of anilines is 1. The number of rotatable bonds is 7. The molecule has 0 amide bonds. The van der Waals surface area contributed by atoms with Crippen LogP contribution in [0, 0.1) is 5.82 Å². The summed E-state index contributed by atoms with van der Waals surface area (Å²) >= 11 is 11.0. The molecule has 0 bridgehead atoms. The molecule has 0 radical (unpaired) electrons. The summed E-state index contributed by atoms with van der Waals surface area (Å²) in [5.74, 6) is 0.979. The SMILES string of the molecule is COc1ccc(CCCNC(=S)Nc2ccc(F)c(Cl)c2)cc1OC. The van der Waals surface area contributed by atoms with Gasteiger partial charge in [-0.15, -0.1) is 0 Å². The van der Waals surface area contributed by atoms with Gasteiger partial charge in [0.1, 0.15) is 5.82 Å². The van der Waals surface area contributed by atoms with Crippen LogP contribution < -0.4 is 20.1 Å². The molecule has 0 aromatic heterocycles. The van der Waals surface area contributed by atoms with Crippen LogP contribution in [0.5, 0.6) is 11.5 Å². The zero-order valence-electron chi connectivity index (χ0n) is 14.1. The monoisotopic (exact) mass is 382 g/mol. The predicted octanol–water partition coefficient (Wildman–Crippen LogP) is 4.42. The molecule has 0 spiro atoms. The van der Waals surface area contributed by atoms with Crippen molar-refractivity contribution >= 4 is 34.6 Å². The highest BCUT2D eigenvalue weighted by Crippen LogP contribution is 2.27. The van der Waals surface area contributed by atoms with E-state index in [1.165, 1.54) is 12.1 Å². The molecule has 2 N–H and O–H groups in total. The minimum atomic E-state index is -0.457. The Morgan fingerprint density at radius 1 is 1.12 bits per heavy atom. The summed E-state index contributed by atoms with van der Waals surface area (Å²) in [6.07, 6.45) is 1.76. The molecule has 134 valence electrons. The molecule has 0 aliphatic rings. The second-order valence-electron chi connectivity index (χ2n) is 5.30. The number of aryl methyl sites for hydroxylation is 1. The third kappa shape index (κ3) is 5.76. The second kappa shape index (κ2) is 9.44. The van der Waals surface area contributed by atoms with Gasteiger partial charge in [0.2, 0.25) is 0 Å². The highest BCUT2D eigenvalue weighted by atomic mass is 35.5. The van der Waals surface area contributed by atoms with E-state index in [2.05, 4.69) is 10.6 Å². The van der Waals surface area contributed by atoms with E-state index in [-0.39, 0.29) is 5.02 Å². The molecule has 4 nitrogen and oxygen atoms in total. The number of thiocarbonyl (C=S) groups is 1. The van der Waals surface area contributed by atoms with Gasteiger partial charge in [0.15, 0.2) is 16.6 Å². The van der Waals surface area contributed by atoms with Crippen LogP contribution in [0.15, 0.2) is 36.4 Å². The summed E-state index contributed by atoms with van der Waals surface area (Å²) in [4.78, 5) is 0. The quantitative estimate of drug-likeness (QED) is 0.548. The van der Waals surface area contributed by atoms with Crippen molar-refractivity contribution in [2.24, 2.45) is 0 Å². The Morgan fingerprint density at radius 3 is 2.56 bits per heavy atom. The van der Waals surface area contributed by atoms with Crippen molar-refractivity contribution in [1.82, 2.24) is 5.32 Å². The first-order chi connectivity index (χ1) is 12.0. The van der Waals surface area contributed by atoms with Crippen LogP contribution in [0.4, 0.5) is 10.1 Å². The second-order valence-corrected chi connectivity index (χ2v) is 6.12. The zero-order valence-corrected chi connectivity index (χ0v) is 15.6. The number of nitrogens with one attached hydrogen (secondary N) is 2. The Bertz CT molecular complexity index is 743. The van der Waals surface area contributed by atoms with Crippen LogP contribution >= 0.6 is 23.8 Å². The van der Waals surface area contributed by atoms with E-state index in [0.29, 0.717) is 23.1 Å². The minimum Gasteiger partial charge on any atom is -0.493 e. The summed E-state index contributed by atoms with van der Waals surface area (Å²) in [7, 11) is 3.23. The first-order valence-electron chi connectivity index (χ1n) is 7.74. The van der Waals surface area contributed by atoms with Gasteiger partial charge in [0.25, 0.3) is 0 Å². The molecule has 0 aliphatic heterocycles. The number of benzene rings is 2. The Labute approximate surface area is 157 Å². The van der Waals surface area contributed by atoms with Crippen molar-refractivity contribution in [3.8, 4) is 11.5 Å². The smallest absolute Gasteiger partial charge is 0.170 e. The van der Waals surface area contributed by atoms with Crippen LogP contribution in [-0.2, 0) is 6.42 Å². The largest absolute Gasteiger partial charge is 0.493 e. The van der Waals surface area contributed by atoms with Gasteiger partial charge >= 0.3 is 0 Å². The van der Waals surface area contributed by atoms with E-state index in [4.69, 9.17) is 33.3 Å². The predicted molar refractivity (Wildman–Crippen MR) is 104 cm³/mol. The van der Waals surface area contributed by atoms with Crippen molar-refractivity contribution in [2.75, 3.05) is 26.1 Å². The lowest BCUT2D eigenvalue weighted by Gasteiger charge is -2.12. The van der Waals surface area contributed by atoms with Gasteiger partial charge in [-0.3, -0.25) is 0 Å². The van der Waals surface area contributed by atoms with Crippen molar-refractivity contribution in [3.05, 3.63) is 52.8 Å². The fraction of sp³-hybridized carbons (Fsp3) is 0.278. The van der Waals surface area contributed by atoms with E-state index in [0.717, 1.165) is 24.2 Å². The van der Waals surface area contributed by atoms with E-state index < -0.39 is 5.82 Å². The average molecular weight is 383 g/mol. The fourth-order valence-electron chi connectivity index (χ4n) is 2.28. The highest BCUT2D eigenvalue weighted by molar-refractivity contribution is 7.80. The Balaban J connectivity index is 1.77. The van der Waals surface area contributed by atoms with Gasteiger partial charge in [-0.05, 0) is 61.0 Å². The third-order valence-electron chi connectivity index (χ3n) is 3.55. The zero-order chi connectivity index (χ0) is 18.2. The molecule has 2 rings (SSSR count). The van der Waals surface area contributed by atoms with Gasteiger partial charge in [-0.25, -0.2) is 4.39 Å². The van der Waals surface area contributed by atoms with Crippen LogP contribution in [0.3, 0.4) is 0 Å². The number of methoxy groups -OCH3 is 2. The van der Waals surface area contributed by atoms with Crippen LogP contribution in [-0.4, -0.2) is 25.9 Å². The van der Waals surface area contributed by atoms with E-state index >= 15 is 0 Å². The van der Waals surface area contributed by atoms with Crippen LogP contribution in [0.2, 0.25) is 5.02 Å². The maximum atomic E-state index is 13.1. The minimum absolute atomic E-state index is 0.0567. The number of hydrogen-bond acceptors (Lipinski definition) is 3. The van der Waals surface area contributed by atoms with E-state index in [1.807, 2.05) is 18.2 Å². The van der Waals surface area contributed by atoms with Crippen molar-refractivity contribution in [1.29, 1.82) is 0 Å². The fourth-order valence-corrected chi connectivity index (χ4v) is 2.68. The Hall–Kier alpha value is -2.05. The maximum Gasteiger partial charge on any atom is 0.170 e. The molecular formula is C18H20ClFN2O2S. The molecule has 0 unspecified atom stereocenters. The summed E-state index contributed by atoms with van der Waals surface area (Å²) in [6, 6.07) is 10.2. The van der Waals surface area contributed by atoms with Crippen LogP contribution in [0.25, 0.3) is 0 Å². The molecule has 2 aromatic carbocycles. The van der Waals surface area contributed by atoms with Crippen molar-refractivity contribution < 1.29 is 13.9 Å². The number of hydrogen-bond donors (Lipinski definition) is 2. The summed E-state index contributed by atoms with van der Waals surface area (Å²) < 4.78 is 23.6. The van der Waals surface area contributed by atoms with Gasteiger partial charge in [-0.1, -0.05) is 17.7 Å². The lowest BCUT2D eigenvalue weighted by molar-refractivity contribution is 0.354. The van der Waals surface area contributed by atoms with Gasteiger partial charge in [0, 0.05) is 12.2 Å². The Kier molecular flexibility index (Phi) is 7.28. The maximum absolute atomic E-state index is 13.1.